The lowest BCUT2D eigenvalue weighted by atomic mass is 9.68. The Labute approximate surface area is 96.7 Å². The monoisotopic (exact) mass is 227 g/mol. The predicted octanol–water partition coefficient (Wildman–Crippen LogP) is 2.56. The number of nitrogens with two attached hydrogens (primary N) is 1. The highest BCUT2D eigenvalue weighted by atomic mass is 19.1. The topological polar surface area (TPSA) is 35.2 Å². The molecule has 0 aromatic heterocycles. The number of halogens is 1. The Bertz CT molecular complexity index is 279. The second-order valence-electron chi connectivity index (χ2n) is 6.11. The molecule has 2 N–H and O–H groups in total. The van der Waals surface area contributed by atoms with Crippen molar-refractivity contribution in [2.24, 2.45) is 11.7 Å². The van der Waals surface area contributed by atoms with Gasteiger partial charge in [-0.3, -0.25) is 0 Å². The molecule has 0 radical (unpaired) electrons. The van der Waals surface area contributed by atoms with Gasteiger partial charge in [0.25, 0.3) is 0 Å². The van der Waals surface area contributed by atoms with Crippen LogP contribution < -0.4 is 5.73 Å². The Morgan fingerprint density at radius 2 is 1.94 bits per heavy atom. The summed E-state index contributed by atoms with van der Waals surface area (Å²) in [5, 5.41) is 0. The Morgan fingerprint density at radius 1 is 1.12 bits per heavy atom. The Kier molecular flexibility index (Phi) is 2.52. The van der Waals surface area contributed by atoms with E-state index < -0.39 is 5.67 Å². The minimum absolute atomic E-state index is 0.0642. The summed E-state index contributed by atoms with van der Waals surface area (Å²) >= 11 is 0. The molecule has 1 aliphatic heterocycles. The van der Waals surface area contributed by atoms with Crippen LogP contribution in [0.3, 0.4) is 0 Å². The minimum atomic E-state index is -0.980. The SMILES string of the molecule is NC1CCC(F)(C2CCOC3(CCC3)C2)C1. The zero-order chi connectivity index (χ0) is 11.2. The van der Waals surface area contributed by atoms with E-state index >= 15 is 0 Å². The fourth-order valence-electron chi connectivity index (χ4n) is 3.83. The third-order valence-corrected chi connectivity index (χ3v) is 5.02. The van der Waals surface area contributed by atoms with Gasteiger partial charge in [0.1, 0.15) is 5.67 Å². The van der Waals surface area contributed by atoms with Crippen molar-refractivity contribution in [2.45, 2.75) is 68.7 Å². The van der Waals surface area contributed by atoms with Gasteiger partial charge >= 0.3 is 0 Å². The molecule has 0 aromatic rings. The zero-order valence-electron chi connectivity index (χ0n) is 9.88. The number of hydrogen-bond acceptors (Lipinski definition) is 2. The first-order valence-electron chi connectivity index (χ1n) is 6.70. The van der Waals surface area contributed by atoms with Crippen LogP contribution in [0.1, 0.15) is 51.4 Å². The Morgan fingerprint density at radius 3 is 2.50 bits per heavy atom. The van der Waals surface area contributed by atoms with Crippen LogP contribution in [-0.2, 0) is 4.74 Å². The fourth-order valence-corrected chi connectivity index (χ4v) is 3.83. The van der Waals surface area contributed by atoms with Crippen LogP contribution >= 0.6 is 0 Å². The molecule has 3 atom stereocenters. The molecule has 1 spiro atoms. The van der Waals surface area contributed by atoms with Gasteiger partial charge in [0.2, 0.25) is 0 Å². The van der Waals surface area contributed by atoms with E-state index in [9.17, 15) is 4.39 Å². The quantitative estimate of drug-likeness (QED) is 0.747. The molecule has 92 valence electrons. The molecule has 3 unspecified atom stereocenters. The van der Waals surface area contributed by atoms with E-state index in [0.29, 0.717) is 12.8 Å². The van der Waals surface area contributed by atoms with Gasteiger partial charge < -0.3 is 10.5 Å². The molecule has 0 bridgehead atoms. The van der Waals surface area contributed by atoms with Crippen LogP contribution in [0.5, 0.6) is 0 Å². The van der Waals surface area contributed by atoms with Crippen LogP contribution in [0.15, 0.2) is 0 Å². The smallest absolute Gasteiger partial charge is 0.115 e. The molecular weight excluding hydrogens is 205 g/mol. The van der Waals surface area contributed by atoms with Crippen molar-refractivity contribution >= 4 is 0 Å². The van der Waals surface area contributed by atoms with Crippen LogP contribution in [0.2, 0.25) is 0 Å². The maximum Gasteiger partial charge on any atom is 0.115 e. The zero-order valence-corrected chi connectivity index (χ0v) is 9.88. The van der Waals surface area contributed by atoms with Crippen molar-refractivity contribution in [3.63, 3.8) is 0 Å². The minimum Gasteiger partial charge on any atom is -0.375 e. The average molecular weight is 227 g/mol. The summed E-state index contributed by atoms with van der Waals surface area (Å²) in [4.78, 5) is 0. The molecule has 16 heavy (non-hydrogen) atoms. The Hall–Kier alpha value is -0.150. The van der Waals surface area contributed by atoms with E-state index in [4.69, 9.17) is 10.5 Å². The first-order chi connectivity index (χ1) is 7.62. The molecule has 3 rings (SSSR count). The van der Waals surface area contributed by atoms with Crippen LogP contribution in [0.4, 0.5) is 4.39 Å². The first-order valence-corrected chi connectivity index (χ1v) is 6.70. The van der Waals surface area contributed by atoms with Crippen LogP contribution in [-0.4, -0.2) is 23.9 Å². The summed E-state index contributed by atoms with van der Waals surface area (Å²) in [6.07, 6.45) is 7.49. The molecule has 0 amide bonds. The van der Waals surface area contributed by atoms with Gasteiger partial charge in [0.05, 0.1) is 5.60 Å². The summed E-state index contributed by atoms with van der Waals surface area (Å²) in [7, 11) is 0. The molecule has 2 saturated carbocycles. The lowest BCUT2D eigenvalue weighted by molar-refractivity contribution is -0.162. The third-order valence-electron chi connectivity index (χ3n) is 5.02. The molecule has 2 aliphatic carbocycles. The van der Waals surface area contributed by atoms with E-state index in [2.05, 4.69) is 0 Å². The largest absolute Gasteiger partial charge is 0.375 e. The van der Waals surface area contributed by atoms with Gasteiger partial charge in [0, 0.05) is 12.6 Å². The average Bonchev–Trinajstić information content (AvgIpc) is 2.58. The van der Waals surface area contributed by atoms with Gasteiger partial charge in [-0.2, -0.15) is 0 Å². The van der Waals surface area contributed by atoms with E-state index in [1.165, 1.54) is 6.42 Å². The molecule has 3 fully saturated rings. The second-order valence-corrected chi connectivity index (χ2v) is 6.11. The number of ether oxygens (including phenoxy) is 1. The number of hydrogen-bond donors (Lipinski definition) is 1. The Balaban J connectivity index is 1.70. The second kappa shape index (κ2) is 3.67. The molecule has 2 nitrogen and oxygen atoms in total. The molecule has 1 heterocycles. The summed E-state index contributed by atoms with van der Waals surface area (Å²) < 4.78 is 20.7. The number of rotatable bonds is 1. The lowest BCUT2D eigenvalue weighted by Gasteiger charge is -2.49. The van der Waals surface area contributed by atoms with Crippen LogP contribution in [0.25, 0.3) is 0 Å². The highest BCUT2D eigenvalue weighted by molar-refractivity contribution is 5.03. The fraction of sp³-hybridized carbons (Fsp3) is 1.00. The van der Waals surface area contributed by atoms with Crippen molar-refractivity contribution in [3.8, 4) is 0 Å². The van der Waals surface area contributed by atoms with E-state index in [1.54, 1.807) is 0 Å². The van der Waals surface area contributed by atoms with E-state index in [-0.39, 0.29) is 17.6 Å². The van der Waals surface area contributed by atoms with Crippen molar-refractivity contribution in [1.82, 2.24) is 0 Å². The van der Waals surface area contributed by atoms with Gasteiger partial charge in [-0.15, -0.1) is 0 Å². The maximum absolute atomic E-state index is 14.8. The van der Waals surface area contributed by atoms with Crippen molar-refractivity contribution < 1.29 is 9.13 Å². The van der Waals surface area contributed by atoms with Crippen LogP contribution in [0, 0.1) is 5.92 Å². The van der Waals surface area contributed by atoms with E-state index in [1.807, 2.05) is 0 Å². The highest BCUT2D eigenvalue weighted by Crippen LogP contribution is 2.51. The predicted molar refractivity (Wildman–Crippen MR) is 60.9 cm³/mol. The third kappa shape index (κ3) is 1.68. The normalized spacial score (nSPS) is 46.9. The molecular formula is C13H22FNO. The van der Waals surface area contributed by atoms with Gasteiger partial charge in [0.15, 0.2) is 0 Å². The standard InChI is InChI=1S/C13H22FNO/c14-13(6-2-11(15)9-13)10-3-7-16-12(8-10)4-1-5-12/h10-11H,1-9,15H2. The number of alkyl halides is 1. The summed E-state index contributed by atoms with van der Waals surface area (Å²) in [6, 6.07) is 0.0881. The van der Waals surface area contributed by atoms with Crippen molar-refractivity contribution in [3.05, 3.63) is 0 Å². The van der Waals surface area contributed by atoms with Gasteiger partial charge in [-0.05, 0) is 57.3 Å². The van der Waals surface area contributed by atoms with E-state index in [0.717, 1.165) is 38.7 Å². The maximum atomic E-state index is 14.8. The molecule has 3 heteroatoms. The highest BCUT2D eigenvalue weighted by Gasteiger charge is 2.51. The van der Waals surface area contributed by atoms with Gasteiger partial charge in [-0.1, -0.05) is 0 Å². The van der Waals surface area contributed by atoms with Gasteiger partial charge in [-0.25, -0.2) is 4.39 Å². The summed E-state index contributed by atoms with van der Waals surface area (Å²) in [6.45, 7) is 0.756. The molecule has 1 saturated heterocycles. The van der Waals surface area contributed by atoms with Crippen molar-refractivity contribution in [2.75, 3.05) is 6.61 Å². The summed E-state index contributed by atoms with van der Waals surface area (Å²) in [5.41, 5.74) is 4.94. The lowest BCUT2D eigenvalue weighted by Crippen LogP contribution is -2.50. The van der Waals surface area contributed by atoms with Crippen molar-refractivity contribution in [1.29, 1.82) is 0 Å². The summed E-state index contributed by atoms with van der Waals surface area (Å²) in [5.74, 6) is 0.204. The first kappa shape index (κ1) is 11.0. The molecule has 0 aromatic carbocycles. The molecule has 3 aliphatic rings.